The predicted octanol–water partition coefficient (Wildman–Crippen LogP) is 5.76. The number of carboxylic acid groups (broad SMARTS) is 1. The summed E-state index contributed by atoms with van der Waals surface area (Å²) < 4.78 is 53.7. The van der Waals surface area contributed by atoms with Crippen molar-refractivity contribution in [3.8, 4) is 0 Å². The molecule has 0 aromatic rings. The lowest BCUT2D eigenvalue weighted by Gasteiger charge is -2.54. The standard InChI is InChI=1S/C46H76O14/c1-24(12-13-33(48)25(2)18-27(4)42(50)51)40-30(7)34(49)22-44(58-40)17-16-43(10,60-44)38-21-36(55-39-15-14-35(53-11)32(9)54-39)31(8)46(57-38)29(6)20-37(56-46)41-26(3)19-28(5)45(52,23-47)59-41/h12-13,24-32,34-41,47,49,52H,14-23H2,1-11H3,(H,50,51). The van der Waals surface area contributed by atoms with Gasteiger partial charge in [0.05, 0.1) is 67.0 Å². The predicted molar refractivity (Wildman–Crippen MR) is 219 cm³/mol. The fourth-order valence-electron chi connectivity index (χ4n) is 11.3. The molecule has 14 heteroatoms. The lowest BCUT2D eigenvalue weighted by Crippen LogP contribution is -2.63. The van der Waals surface area contributed by atoms with Gasteiger partial charge in [-0.25, -0.2) is 0 Å². The molecule has 14 nitrogen and oxygen atoms in total. The highest BCUT2D eigenvalue weighted by molar-refractivity contribution is 5.91. The highest BCUT2D eigenvalue weighted by Gasteiger charge is 2.65. The van der Waals surface area contributed by atoms with Gasteiger partial charge >= 0.3 is 5.97 Å². The summed E-state index contributed by atoms with van der Waals surface area (Å²) in [5.41, 5.74) is -0.866. The van der Waals surface area contributed by atoms with Crippen LogP contribution >= 0.6 is 0 Å². The van der Waals surface area contributed by atoms with Crippen molar-refractivity contribution >= 4 is 11.8 Å². The van der Waals surface area contributed by atoms with Gasteiger partial charge in [0.25, 0.3) is 0 Å². The highest BCUT2D eigenvalue weighted by atomic mass is 16.8. The van der Waals surface area contributed by atoms with Crippen LogP contribution in [0, 0.1) is 47.3 Å². The number of carbonyl (C=O) groups is 2. The van der Waals surface area contributed by atoms with Crippen LogP contribution in [0.5, 0.6) is 0 Å². The molecule has 21 unspecified atom stereocenters. The van der Waals surface area contributed by atoms with Gasteiger partial charge in [-0.2, -0.15) is 0 Å². The molecule has 4 N–H and O–H groups in total. The number of ether oxygens (including phenoxy) is 8. The zero-order valence-electron chi connectivity index (χ0n) is 37.9. The quantitative estimate of drug-likeness (QED) is 0.164. The first-order chi connectivity index (χ1) is 28.1. The lowest BCUT2D eigenvalue weighted by atomic mass is 9.76. The van der Waals surface area contributed by atoms with Crippen LogP contribution in [-0.2, 0) is 47.5 Å². The third-order valence-corrected chi connectivity index (χ3v) is 15.6. The number of carbonyl (C=O) groups excluding carboxylic acids is 1. The van der Waals surface area contributed by atoms with E-state index >= 15 is 0 Å². The number of aliphatic carboxylic acids is 1. The Labute approximate surface area is 357 Å². The van der Waals surface area contributed by atoms with Gasteiger partial charge < -0.3 is 58.3 Å². The van der Waals surface area contributed by atoms with Crippen LogP contribution in [0.25, 0.3) is 0 Å². The van der Waals surface area contributed by atoms with E-state index in [-0.39, 0.29) is 72.4 Å². The average Bonchev–Trinajstić information content (AvgIpc) is 3.70. The van der Waals surface area contributed by atoms with Gasteiger partial charge in [-0.15, -0.1) is 0 Å². The van der Waals surface area contributed by atoms with E-state index in [1.54, 1.807) is 27.0 Å². The van der Waals surface area contributed by atoms with Gasteiger partial charge in [0.15, 0.2) is 29.4 Å². The average molecular weight is 853 g/mol. The van der Waals surface area contributed by atoms with Gasteiger partial charge in [0.2, 0.25) is 0 Å². The summed E-state index contributed by atoms with van der Waals surface area (Å²) in [7, 11) is 1.70. The van der Waals surface area contributed by atoms with Crippen molar-refractivity contribution in [3.63, 3.8) is 0 Å². The first-order valence-corrected chi connectivity index (χ1v) is 22.8. The summed E-state index contributed by atoms with van der Waals surface area (Å²) in [5, 5.41) is 42.3. The van der Waals surface area contributed by atoms with Gasteiger partial charge in [0.1, 0.15) is 0 Å². The van der Waals surface area contributed by atoms with Gasteiger partial charge in [-0.1, -0.05) is 61.5 Å². The summed E-state index contributed by atoms with van der Waals surface area (Å²) in [5.74, 6) is -7.02. The number of rotatable bonds is 13. The molecule has 0 aromatic heterocycles. The van der Waals surface area contributed by atoms with Crippen LogP contribution in [0.2, 0.25) is 0 Å². The van der Waals surface area contributed by atoms with Crippen molar-refractivity contribution in [2.24, 2.45) is 47.3 Å². The fourth-order valence-corrected chi connectivity index (χ4v) is 11.3. The van der Waals surface area contributed by atoms with E-state index in [4.69, 9.17) is 37.9 Å². The van der Waals surface area contributed by atoms with E-state index in [1.165, 1.54) is 6.08 Å². The number of aliphatic hydroxyl groups is 3. The van der Waals surface area contributed by atoms with E-state index in [2.05, 4.69) is 20.8 Å². The topological polar surface area (TPSA) is 189 Å². The number of hydrogen-bond acceptors (Lipinski definition) is 13. The Hall–Kier alpha value is -1.56. The molecule has 60 heavy (non-hydrogen) atoms. The third kappa shape index (κ3) is 9.46. The molecule has 6 fully saturated rings. The van der Waals surface area contributed by atoms with E-state index in [0.29, 0.717) is 38.5 Å². The summed E-state index contributed by atoms with van der Waals surface area (Å²) in [6, 6.07) is 0. The minimum atomic E-state index is -1.66. The summed E-state index contributed by atoms with van der Waals surface area (Å²) in [4.78, 5) is 24.4. The zero-order valence-corrected chi connectivity index (χ0v) is 37.9. The fraction of sp³-hybridized carbons (Fsp3) is 0.913. The molecule has 0 bridgehead atoms. The molecule has 2 spiro atoms. The zero-order chi connectivity index (χ0) is 44.1. The minimum Gasteiger partial charge on any atom is -0.481 e. The molecule has 21 atom stereocenters. The normalized spacial score (nSPS) is 49.0. The molecule has 0 aliphatic carbocycles. The molecule has 6 aliphatic heterocycles. The second-order valence-corrected chi connectivity index (χ2v) is 20.2. The smallest absolute Gasteiger partial charge is 0.306 e. The molecule has 0 aromatic carbocycles. The first-order valence-electron chi connectivity index (χ1n) is 22.8. The molecule has 0 amide bonds. The highest BCUT2D eigenvalue weighted by Crippen LogP contribution is 2.56. The Balaban J connectivity index is 1.23. The van der Waals surface area contributed by atoms with E-state index < -0.39 is 84.2 Å². The van der Waals surface area contributed by atoms with Gasteiger partial charge in [-0.05, 0) is 57.9 Å². The van der Waals surface area contributed by atoms with Gasteiger partial charge in [0, 0.05) is 68.3 Å². The summed E-state index contributed by atoms with van der Waals surface area (Å²) in [6.45, 7) is 19.0. The molecule has 6 rings (SSSR count). The maximum absolute atomic E-state index is 13.0. The third-order valence-electron chi connectivity index (χ3n) is 15.6. The molecular weight excluding hydrogens is 776 g/mol. The SMILES string of the molecule is COC1CCC(OC2CC(C3(C)CCC4(CC(O)C(C)C(C(C)C=CC(=O)C(C)CC(C)C(=O)O)O4)O3)OC3(OC(C4OC(O)(CO)C(C)CC4C)CC3C)C2C)OC1C. The maximum atomic E-state index is 13.0. The van der Waals surface area contributed by atoms with E-state index in [9.17, 15) is 30.0 Å². The number of ketones is 1. The van der Waals surface area contributed by atoms with Crippen LogP contribution in [0.4, 0.5) is 0 Å². The number of carboxylic acids is 1. The van der Waals surface area contributed by atoms with Crippen LogP contribution in [-0.4, -0.2) is 124 Å². The second kappa shape index (κ2) is 18.5. The largest absolute Gasteiger partial charge is 0.481 e. The Morgan fingerprint density at radius 1 is 0.900 bits per heavy atom. The van der Waals surface area contributed by atoms with Crippen LogP contribution in [0.15, 0.2) is 12.2 Å². The van der Waals surface area contributed by atoms with Crippen molar-refractivity contribution in [1.29, 1.82) is 0 Å². The molecule has 6 saturated heterocycles. The van der Waals surface area contributed by atoms with Crippen molar-refractivity contribution < 1.29 is 67.9 Å². The number of aliphatic hydroxyl groups excluding tert-OH is 2. The number of allylic oxidation sites excluding steroid dienone is 1. The van der Waals surface area contributed by atoms with Crippen molar-refractivity contribution in [2.75, 3.05) is 13.7 Å². The second-order valence-electron chi connectivity index (χ2n) is 20.2. The number of hydrogen-bond donors (Lipinski definition) is 4. The van der Waals surface area contributed by atoms with Crippen LogP contribution in [0.3, 0.4) is 0 Å². The summed E-state index contributed by atoms with van der Waals surface area (Å²) in [6.07, 6.45) is 4.71. The lowest BCUT2D eigenvalue weighted by molar-refractivity contribution is -0.390. The van der Waals surface area contributed by atoms with E-state index in [0.717, 1.165) is 6.42 Å². The monoisotopic (exact) mass is 853 g/mol. The van der Waals surface area contributed by atoms with Crippen LogP contribution < -0.4 is 0 Å². The Morgan fingerprint density at radius 2 is 1.62 bits per heavy atom. The molecule has 6 heterocycles. The number of methoxy groups -OCH3 is 1. The summed E-state index contributed by atoms with van der Waals surface area (Å²) >= 11 is 0. The molecule has 6 aliphatic rings. The Bertz CT molecular complexity index is 1530. The molecule has 0 saturated carbocycles. The van der Waals surface area contributed by atoms with Crippen molar-refractivity contribution in [2.45, 2.75) is 205 Å². The van der Waals surface area contributed by atoms with Crippen molar-refractivity contribution in [1.82, 2.24) is 0 Å². The minimum absolute atomic E-state index is 0.0120. The van der Waals surface area contributed by atoms with Crippen molar-refractivity contribution in [3.05, 3.63) is 12.2 Å². The molecule has 0 radical (unpaired) electrons. The molecular formula is C46H76O14. The van der Waals surface area contributed by atoms with Gasteiger partial charge in [-0.3, -0.25) is 9.59 Å². The first kappa shape index (κ1) is 47.9. The Kier molecular flexibility index (Phi) is 14.8. The van der Waals surface area contributed by atoms with Crippen LogP contribution in [0.1, 0.15) is 127 Å². The Morgan fingerprint density at radius 3 is 2.27 bits per heavy atom. The maximum Gasteiger partial charge on any atom is 0.306 e. The molecule has 344 valence electrons. The van der Waals surface area contributed by atoms with E-state index in [1.807, 2.05) is 34.6 Å².